The normalized spacial score (nSPS) is 12.5. The van der Waals surface area contributed by atoms with Crippen molar-refractivity contribution >= 4 is 24.6 Å². The summed E-state index contributed by atoms with van der Waals surface area (Å²) in [5.74, 6) is 1.27. The van der Waals surface area contributed by atoms with Gasteiger partial charge in [0.05, 0.1) is 26.1 Å². The molecule has 0 spiro atoms. The second-order valence-electron chi connectivity index (χ2n) is 7.55. The highest BCUT2D eigenvalue weighted by atomic mass is 31.2. The van der Waals surface area contributed by atoms with Crippen LogP contribution in [-0.4, -0.2) is 45.7 Å². The van der Waals surface area contributed by atoms with Crippen LogP contribution in [0.3, 0.4) is 0 Å². The number of nitrogens with two attached hydrogens (primary N) is 1. The number of nitrogen functional groups attached to an aromatic ring is 1. The first-order chi connectivity index (χ1) is 13.3. The number of fused-ring (bicyclic) bond motifs is 1. The van der Waals surface area contributed by atoms with Crippen molar-refractivity contribution in [1.29, 1.82) is 0 Å². The van der Waals surface area contributed by atoms with E-state index in [9.17, 15) is 4.57 Å². The quantitative estimate of drug-likeness (QED) is 0.390. The lowest BCUT2D eigenvalue weighted by molar-refractivity contribution is 0.119. The van der Waals surface area contributed by atoms with Crippen LogP contribution in [0.25, 0.3) is 11.2 Å². The summed E-state index contributed by atoms with van der Waals surface area (Å²) in [6.07, 6.45) is 4.60. The molecular formula is C18H32N5O4P. The van der Waals surface area contributed by atoms with Crippen LogP contribution in [0.5, 0.6) is 0 Å². The Labute approximate surface area is 166 Å². The molecule has 9 nitrogen and oxygen atoms in total. The lowest BCUT2D eigenvalue weighted by Gasteiger charge is -2.20. The zero-order chi connectivity index (χ0) is 20.6. The van der Waals surface area contributed by atoms with Crippen molar-refractivity contribution in [2.24, 2.45) is 11.8 Å². The van der Waals surface area contributed by atoms with E-state index in [-0.39, 0.29) is 6.35 Å². The van der Waals surface area contributed by atoms with Crippen molar-refractivity contribution in [3.8, 4) is 0 Å². The van der Waals surface area contributed by atoms with E-state index in [2.05, 4.69) is 42.6 Å². The Balaban J connectivity index is 1.86. The molecule has 0 radical (unpaired) electrons. The van der Waals surface area contributed by atoms with Crippen LogP contribution in [0.15, 0.2) is 12.7 Å². The van der Waals surface area contributed by atoms with Gasteiger partial charge < -0.3 is 24.1 Å². The SMILES string of the molecule is CC(C)CCOP(=O)(COCCn1cnc2c(N)ncnc21)OCCC(C)C. The molecule has 2 N–H and O–H groups in total. The van der Waals surface area contributed by atoms with Gasteiger partial charge in [-0.15, -0.1) is 0 Å². The minimum atomic E-state index is -3.29. The highest BCUT2D eigenvalue weighted by Crippen LogP contribution is 2.48. The summed E-state index contributed by atoms with van der Waals surface area (Å²) < 4.78 is 31.6. The first-order valence-corrected chi connectivity index (χ1v) is 11.4. The Morgan fingerprint density at radius 3 is 2.29 bits per heavy atom. The van der Waals surface area contributed by atoms with Crippen molar-refractivity contribution < 1.29 is 18.3 Å². The van der Waals surface area contributed by atoms with Crippen LogP contribution in [0.4, 0.5) is 5.82 Å². The number of ether oxygens (including phenoxy) is 1. The predicted octanol–water partition coefficient (Wildman–Crippen LogP) is 3.70. The molecule has 0 atom stereocenters. The Morgan fingerprint density at radius 2 is 1.68 bits per heavy atom. The molecule has 0 saturated heterocycles. The highest BCUT2D eigenvalue weighted by molar-refractivity contribution is 7.53. The fourth-order valence-electron chi connectivity index (χ4n) is 2.37. The first-order valence-electron chi connectivity index (χ1n) is 9.68. The van der Waals surface area contributed by atoms with Crippen LogP contribution in [0.2, 0.25) is 0 Å². The average Bonchev–Trinajstić information content (AvgIpc) is 3.03. The monoisotopic (exact) mass is 413 g/mol. The molecule has 0 fully saturated rings. The maximum absolute atomic E-state index is 13.0. The van der Waals surface area contributed by atoms with E-state index in [4.69, 9.17) is 19.5 Å². The molecule has 0 saturated carbocycles. The van der Waals surface area contributed by atoms with E-state index in [1.165, 1.54) is 6.33 Å². The standard InChI is InChI=1S/C18H32N5O4P/c1-14(2)5-8-26-28(24,27-9-6-15(3)4)13-25-10-7-23-12-22-16-17(19)20-11-21-18(16)23/h11-12,14-15H,5-10,13H2,1-4H3,(H2,19,20,21). The first kappa shape index (κ1) is 22.7. The van der Waals surface area contributed by atoms with Gasteiger partial charge in [-0.3, -0.25) is 4.57 Å². The van der Waals surface area contributed by atoms with Gasteiger partial charge in [0.15, 0.2) is 11.5 Å². The number of nitrogens with zero attached hydrogens (tertiary/aromatic N) is 4. The molecule has 158 valence electrons. The number of anilines is 1. The van der Waals surface area contributed by atoms with Crippen LogP contribution < -0.4 is 5.73 Å². The highest BCUT2D eigenvalue weighted by Gasteiger charge is 2.25. The number of hydrogen-bond donors (Lipinski definition) is 1. The number of imidazole rings is 1. The van der Waals surface area contributed by atoms with E-state index in [1.54, 1.807) is 6.33 Å². The summed E-state index contributed by atoms with van der Waals surface area (Å²) >= 11 is 0. The molecular weight excluding hydrogens is 381 g/mol. The minimum Gasteiger partial charge on any atom is -0.382 e. The molecule has 0 aromatic carbocycles. The second kappa shape index (κ2) is 10.9. The summed E-state index contributed by atoms with van der Waals surface area (Å²) in [6.45, 7) is 9.97. The van der Waals surface area contributed by atoms with Gasteiger partial charge in [0, 0.05) is 6.54 Å². The topological polar surface area (TPSA) is 114 Å². The Hall–Kier alpha value is -1.54. The van der Waals surface area contributed by atoms with E-state index in [0.29, 0.717) is 55.2 Å². The lowest BCUT2D eigenvalue weighted by atomic mass is 10.2. The zero-order valence-electron chi connectivity index (χ0n) is 17.2. The molecule has 2 aromatic rings. The van der Waals surface area contributed by atoms with Gasteiger partial charge >= 0.3 is 7.60 Å². The minimum absolute atomic E-state index is 0.0764. The molecule has 0 aliphatic rings. The fourth-order valence-corrected chi connectivity index (χ4v) is 3.71. The van der Waals surface area contributed by atoms with Gasteiger partial charge in [-0.2, -0.15) is 0 Å². The molecule has 2 aromatic heterocycles. The molecule has 0 aliphatic heterocycles. The number of hydrogen-bond acceptors (Lipinski definition) is 8. The smallest absolute Gasteiger partial charge is 0.356 e. The van der Waals surface area contributed by atoms with Crippen LogP contribution in [0.1, 0.15) is 40.5 Å². The molecule has 2 rings (SSSR count). The zero-order valence-corrected chi connectivity index (χ0v) is 18.1. The molecule has 2 heterocycles. The van der Waals surface area contributed by atoms with Crippen molar-refractivity contribution in [2.45, 2.75) is 47.1 Å². The van der Waals surface area contributed by atoms with E-state index in [1.807, 2.05) is 4.57 Å². The van der Waals surface area contributed by atoms with Gasteiger partial charge in [0.25, 0.3) is 0 Å². The van der Waals surface area contributed by atoms with Gasteiger partial charge in [-0.1, -0.05) is 27.7 Å². The van der Waals surface area contributed by atoms with E-state index in [0.717, 1.165) is 12.8 Å². The lowest BCUT2D eigenvalue weighted by Crippen LogP contribution is -2.11. The Kier molecular flexibility index (Phi) is 8.82. The molecule has 0 amide bonds. The summed E-state index contributed by atoms with van der Waals surface area (Å²) in [7, 11) is -3.29. The van der Waals surface area contributed by atoms with Crippen molar-refractivity contribution in [1.82, 2.24) is 19.5 Å². The maximum atomic E-state index is 13.0. The van der Waals surface area contributed by atoms with Crippen molar-refractivity contribution in [2.75, 3.05) is 31.9 Å². The van der Waals surface area contributed by atoms with Crippen LogP contribution in [0, 0.1) is 11.8 Å². The largest absolute Gasteiger partial charge is 0.382 e. The molecule has 0 aliphatic carbocycles. The summed E-state index contributed by atoms with van der Waals surface area (Å²) in [6, 6.07) is 0. The molecule has 0 unspecified atom stereocenters. The average molecular weight is 413 g/mol. The molecule has 28 heavy (non-hydrogen) atoms. The predicted molar refractivity (Wildman–Crippen MR) is 109 cm³/mol. The van der Waals surface area contributed by atoms with Gasteiger partial charge in [-0.25, -0.2) is 15.0 Å². The Bertz CT molecular complexity index is 762. The third kappa shape index (κ3) is 7.13. The Morgan fingerprint density at radius 1 is 1.04 bits per heavy atom. The van der Waals surface area contributed by atoms with Crippen LogP contribution >= 0.6 is 7.60 Å². The van der Waals surface area contributed by atoms with E-state index >= 15 is 0 Å². The van der Waals surface area contributed by atoms with Gasteiger partial charge in [-0.05, 0) is 24.7 Å². The van der Waals surface area contributed by atoms with E-state index < -0.39 is 7.60 Å². The summed E-state index contributed by atoms with van der Waals surface area (Å²) in [4.78, 5) is 12.3. The van der Waals surface area contributed by atoms with Gasteiger partial charge in [0.2, 0.25) is 0 Å². The number of rotatable bonds is 13. The summed E-state index contributed by atoms with van der Waals surface area (Å²) in [5.41, 5.74) is 6.99. The maximum Gasteiger partial charge on any atom is 0.356 e. The second-order valence-corrected chi connectivity index (χ2v) is 9.55. The van der Waals surface area contributed by atoms with Crippen molar-refractivity contribution in [3.05, 3.63) is 12.7 Å². The fraction of sp³-hybridized carbons (Fsp3) is 0.722. The third-order valence-electron chi connectivity index (χ3n) is 4.12. The number of aromatic nitrogens is 4. The molecule has 10 heteroatoms. The van der Waals surface area contributed by atoms with Crippen molar-refractivity contribution in [3.63, 3.8) is 0 Å². The molecule has 0 bridgehead atoms. The van der Waals surface area contributed by atoms with Crippen LogP contribution in [-0.2, 0) is 24.9 Å². The summed E-state index contributed by atoms with van der Waals surface area (Å²) in [5, 5.41) is 0. The third-order valence-corrected chi connectivity index (χ3v) is 5.77. The van der Waals surface area contributed by atoms with Gasteiger partial charge in [0.1, 0.15) is 18.2 Å².